The van der Waals surface area contributed by atoms with Crippen LogP contribution in [0.3, 0.4) is 0 Å². The summed E-state index contributed by atoms with van der Waals surface area (Å²) in [6.45, 7) is 0.551. The Balaban J connectivity index is 1.60. The predicted molar refractivity (Wildman–Crippen MR) is 88.2 cm³/mol. The van der Waals surface area contributed by atoms with Gasteiger partial charge in [-0.1, -0.05) is 30.3 Å². The first-order chi connectivity index (χ1) is 11.2. The summed E-state index contributed by atoms with van der Waals surface area (Å²) in [6.07, 6.45) is 1.86. The maximum absolute atomic E-state index is 14.0. The molecular weight excluding hydrogens is 293 g/mol. The van der Waals surface area contributed by atoms with Crippen molar-refractivity contribution in [1.82, 2.24) is 9.97 Å². The second kappa shape index (κ2) is 5.19. The molecule has 4 rings (SSSR count). The molecule has 1 aliphatic carbocycles. The number of nitrogens with one attached hydrogen (secondary N) is 2. The first-order valence-corrected chi connectivity index (χ1v) is 7.66. The molecule has 0 spiro atoms. The quantitative estimate of drug-likeness (QED) is 0.778. The molecule has 23 heavy (non-hydrogen) atoms. The summed E-state index contributed by atoms with van der Waals surface area (Å²) in [5.74, 6) is 0.253. The molecule has 0 unspecified atom stereocenters. The molecule has 0 radical (unpaired) electrons. The van der Waals surface area contributed by atoms with Crippen molar-refractivity contribution in [2.45, 2.75) is 18.3 Å². The minimum Gasteiger partial charge on any atom is -0.355 e. The average Bonchev–Trinajstić information content (AvgIpc) is 3.34. The Labute approximate surface area is 132 Å². The van der Waals surface area contributed by atoms with E-state index < -0.39 is 0 Å². The highest BCUT2D eigenvalue weighted by Crippen LogP contribution is 2.48. The fraction of sp³-hybridized carbons (Fsp3) is 0.222. The van der Waals surface area contributed by atoms with E-state index >= 15 is 0 Å². The van der Waals surface area contributed by atoms with Crippen LogP contribution >= 0.6 is 0 Å². The summed E-state index contributed by atoms with van der Waals surface area (Å²) < 4.78 is 14.0. The molecule has 1 heterocycles. The second-order valence-electron chi connectivity index (χ2n) is 6.05. The van der Waals surface area contributed by atoms with Crippen LogP contribution in [-0.2, 0) is 5.41 Å². The number of rotatable bonds is 4. The molecular formula is C18H16FN3O. The molecule has 4 nitrogen and oxygen atoms in total. The van der Waals surface area contributed by atoms with Crippen LogP contribution in [0.15, 0.2) is 53.3 Å². The Morgan fingerprint density at radius 3 is 2.65 bits per heavy atom. The summed E-state index contributed by atoms with van der Waals surface area (Å²) >= 11 is 0. The van der Waals surface area contributed by atoms with Gasteiger partial charge in [0.25, 0.3) is 5.56 Å². The zero-order valence-electron chi connectivity index (χ0n) is 12.5. The Kier molecular flexibility index (Phi) is 3.15. The lowest BCUT2D eigenvalue weighted by atomic mass is 9.95. The SMILES string of the molecule is O=c1[nH]c(NCC2(c3ccccc3F)CC2)nc2ccccc12. The molecule has 2 N–H and O–H groups in total. The fourth-order valence-electron chi connectivity index (χ4n) is 3.01. The molecule has 1 saturated carbocycles. The number of aromatic nitrogens is 2. The maximum Gasteiger partial charge on any atom is 0.260 e. The van der Waals surface area contributed by atoms with Crippen LogP contribution in [0, 0.1) is 5.82 Å². The molecule has 0 aliphatic heterocycles. The standard InChI is InChI=1S/C18H16FN3O/c19-14-7-3-2-6-13(14)18(9-10-18)11-20-17-21-15-8-4-1-5-12(15)16(23)22-17/h1-8H,9-11H2,(H2,20,21,22,23). The molecule has 0 saturated heterocycles. The Morgan fingerprint density at radius 1 is 1.13 bits per heavy atom. The van der Waals surface area contributed by atoms with Crippen LogP contribution in [-0.4, -0.2) is 16.5 Å². The van der Waals surface area contributed by atoms with Gasteiger partial charge in [-0.3, -0.25) is 9.78 Å². The number of nitrogens with zero attached hydrogens (tertiary/aromatic N) is 1. The average molecular weight is 309 g/mol. The number of para-hydroxylation sites is 1. The third-order valence-electron chi connectivity index (χ3n) is 4.51. The van der Waals surface area contributed by atoms with Gasteiger partial charge in [0, 0.05) is 12.0 Å². The lowest BCUT2D eigenvalue weighted by Gasteiger charge is -2.17. The molecule has 0 bridgehead atoms. The minimum absolute atomic E-state index is 0.172. The van der Waals surface area contributed by atoms with E-state index in [1.807, 2.05) is 24.3 Å². The van der Waals surface area contributed by atoms with Crippen LogP contribution in [0.5, 0.6) is 0 Å². The lowest BCUT2D eigenvalue weighted by molar-refractivity contribution is 0.578. The predicted octanol–water partition coefficient (Wildman–Crippen LogP) is 3.21. The molecule has 116 valence electrons. The molecule has 5 heteroatoms. The van der Waals surface area contributed by atoms with Crippen molar-refractivity contribution < 1.29 is 4.39 Å². The molecule has 0 amide bonds. The Bertz CT molecular complexity index is 931. The van der Waals surface area contributed by atoms with Crippen molar-refractivity contribution in [3.8, 4) is 0 Å². The largest absolute Gasteiger partial charge is 0.355 e. The van der Waals surface area contributed by atoms with E-state index in [4.69, 9.17) is 0 Å². The van der Waals surface area contributed by atoms with Crippen LogP contribution < -0.4 is 10.9 Å². The highest BCUT2D eigenvalue weighted by Gasteiger charge is 2.45. The monoisotopic (exact) mass is 309 g/mol. The molecule has 2 aromatic carbocycles. The molecule has 3 aromatic rings. The van der Waals surface area contributed by atoms with Gasteiger partial charge < -0.3 is 5.32 Å². The van der Waals surface area contributed by atoms with E-state index in [9.17, 15) is 9.18 Å². The molecule has 1 aromatic heterocycles. The van der Waals surface area contributed by atoms with Gasteiger partial charge in [-0.25, -0.2) is 9.37 Å². The van der Waals surface area contributed by atoms with Crippen molar-refractivity contribution in [2.24, 2.45) is 0 Å². The third-order valence-corrected chi connectivity index (χ3v) is 4.51. The van der Waals surface area contributed by atoms with Crippen molar-refractivity contribution in [2.75, 3.05) is 11.9 Å². The number of H-pyrrole nitrogens is 1. The third kappa shape index (κ3) is 2.48. The smallest absolute Gasteiger partial charge is 0.260 e. The van der Waals surface area contributed by atoms with Gasteiger partial charge in [0.05, 0.1) is 10.9 Å². The van der Waals surface area contributed by atoms with Gasteiger partial charge in [-0.15, -0.1) is 0 Å². The summed E-state index contributed by atoms with van der Waals surface area (Å²) in [5, 5.41) is 3.74. The first-order valence-electron chi connectivity index (χ1n) is 7.66. The summed E-state index contributed by atoms with van der Waals surface area (Å²) in [7, 11) is 0. The van der Waals surface area contributed by atoms with Gasteiger partial charge >= 0.3 is 0 Å². The zero-order valence-corrected chi connectivity index (χ0v) is 12.5. The van der Waals surface area contributed by atoms with Gasteiger partial charge in [0.1, 0.15) is 5.82 Å². The van der Waals surface area contributed by atoms with Gasteiger partial charge in [0.15, 0.2) is 0 Å². The molecule has 1 fully saturated rings. The molecule has 1 aliphatic rings. The van der Waals surface area contributed by atoms with Crippen molar-refractivity contribution >= 4 is 16.9 Å². The fourth-order valence-corrected chi connectivity index (χ4v) is 3.01. The van der Waals surface area contributed by atoms with Crippen molar-refractivity contribution in [3.63, 3.8) is 0 Å². The van der Waals surface area contributed by atoms with Crippen LogP contribution in [0.1, 0.15) is 18.4 Å². The van der Waals surface area contributed by atoms with E-state index in [1.54, 1.807) is 18.2 Å². The number of aromatic amines is 1. The number of fused-ring (bicyclic) bond motifs is 1. The van der Waals surface area contributed by atoms with E-state index in [0.717, 1.165) is 18.4 Å². The minimum atomic E-state index is -0.199. The number of halogens is 1. The summed E-state index contributed by atoms with van der Waals surface area (Å²) in [4.78, 5) is 19.2. The maximum atomic E-state index is 14.0. The van der Waals surface area contributed by atoms with Gasteiger partial charge in [-0.05, 0) is 36.6 Å². The van der Waals surface area contributed by atoms with Crippen LogP contribution in [0.25, 0.3) is 10.9 Å². The van der Waals surface area contributed by atoms with Crippen molar-refractivity contribution in [1.29, 1.82) is 0 Å². The van der Waals surface area contributed by atoms with Crippen molar-refractivity contribution in [3.05, 3.63) is 70.3 Å². The van der Waals surface area contributed by atoms with Crippen LogP contribution in [0.2, 0.25) is 0 Å². The van der Waals surface area contributed by atoms with E-state index in [0.29, 0.717) is 23.4 Å². The molecule has 0 atom stereocenters. The highest BCUT2D eigenvalue weighted by molar-refractivity contribution is 5.78. The first kappa shape index (κ1) is 13.9. The number of hydrogen-bond acceptors (Lipinski definition) is 3. The normalized spacial score (nSPS) is 15.5. The number of benzene rings is 2. The summed E-state index contributed by atoms with van der Waals surface area (Å²) in [5.41, 5.74) is 1.01. The topological polar surface area (TPSA) is 57.8 Å². The Hall–Kier alpha value is -2.69. The number of hydrogen-bond donors (Lipinski definition) is 2. The van der Waals surface area contributed by atoms with E-state index in [1.165, 1.54) is 6.07 Å². The van der Waals surface area contributed by atoms with Gasteiger partial charge in [0.2, 0.25) is 5.95 Å². The highest BCUT2D eigenvalue weighted by atomic mass is 19.1. The Morgan fingerprint density at radius 2 is 1.87 bits per heavy atom. The summed E-state index contributed by atoms with van der Waals surface area (Å²) in [6, 6.07) is 14.1. The van der Waals surface area contributed by atoms with E-state index in [2.05, 4.69) is 15.3 Å². The van der Waals surface area contributed by atoms with Gasteiger partial charge in [-0.2, -0.15) is 0 Å². The zero-order chi connectivity index (χ0) is 15.9. The number of anilines is 1. The van der Waals surface area contributed by atoms with Crippen LogP contribution in [0.4, 0.5) is 10.3 Å². The lowest BCUT2D eigenvalue weighted by Crippen LogP contribution is -2.23. The second-order valence-corrected chi connectivity index (χ2v) is 6.05. The van der Waals surface area contributed by atoms with E-state index in [-0.39, 0.29) is 16.8 Å².